The zero-order valence-corrected chi connectivity index (χ0v) is 22.0. The molecular weight excluding hydrogens is 493 g/mol. The van der Waals surface area contributed by atoms with Crippen molar-refractivity contribution in [1.29, 1.82) is 0 Å². The van der Waals surface area contributed by atoms with Crippen LogP contribution in [0.4, 0.5) is 11.5 Å². The number of nitrogens with two attached hydrogens (primary N) is 1. The van der Waals surface area contributed by atoms with Crippen LogP contribution in [-0.4, -0.2) is 46.4 Å². The Labute approximate surface area is 214 Å². The Morgan fingerprint density at radius 2 is 1.80 bits per heavy atom. The van der Waals surface area contributed by atoms with Crippen LogP contribution in [0.3, 0.4) is 0 Å². The summed E-state index contributed by atoms with van der Waals surface area (Å²) in [6.45, 7) is 7.68. The van der Waals surface area contributed by atoms with Crippen LogP contribution >= 0.6 is 23.2 Å². The highest BCUT2D eigenvalue weighted by molar-refractivity contribution is 6.42. The van der Waals surface area contributed by atoms with Crippen LogP contribution in [0, 0.1) is 11.8 Å². The Kier molecular flexibility index (Phi) is 9.73. The van der Waals surface area contributed by atoms with Gasteiger partial charge in [0.25, 0.3) is 5.56 Å². The lowest BCUT2D eigenvalue weighted by Gasteiger charge is -2.28. The first-order valence-corrected chi connectivity index (χ1v) is 11.9. The maximum Gasteiger partial charge on any atom is 0.330 e. The number of halogens is 2. The van der Waals surface area contributed by atoms with Crippen LogP contribution in [0.25, 0.3) is 6.08 Å². The summed E-state index contributed by atoms with van der Waals surface area (Å²) in [7, 11) is 1.46. The number of benzene rings is 1. The van der Waals surface area contributed by atoms with E-state index in [1.54, 1.807) is 18.2 Å². The van der Waals surface area contributed by atoms with Crippen molar-refractivity contribution < 1.29 is 9.59 Å². The minimum Gasteiger partial charge on any atom is -0.383 e. The molecule has 3 N–H and O–H groups in total. The number of aromatic nitrogens is 2. The van der Waals surface area contributed by atoms with Crippen molar-refractivity contribution in [2.24, 2.45) is 11.8 Å². The van der Waals surface area contributed by atoms with E-state index >= 15 is 0 Å². The number of hydrogen-bond donors (Lipinski definition) is 2. The van der Waals surface area contributed by atoms with Gasteiger partial charge in [-0.2, -0.15) is 0 Å². The molecule has 0 saturated heterocycles. The second-order valence-corrected chi connectivity index (χ2v) is 9.85. The van der Waals surface area contributed by atoms with Crippen molar-refractivity contribution >= 4 is 52.6 Å². The van der Waals surface area contributed by atoms with E-state index in [9.17, 15) is 19.2 Å². The average molecular weight is 524 g/mol. The molecule has 35 heavy (non-hydrogen) atoms. The highest BCUT2D eigenvalue weighted by Crippen LogP contribution is 2.26. The van der Waals surface area contributed by atoms with E-state index in [-0.39, 0.29) is 43.0 Å². The van der Waals surface area contributed by atoms with Gasteiger partial charge in [0, 0.05) is 26.2 Å². The number of amides is 2. The topological polar surface area (TPSA) is 121 Å². The smallest absolute Gasteiger partial charge is 0.330 e. The van der Waals surface area contributed by atoms with Gasteiger partial charge in [-0.05, 0) is 29.5 Å². The number of H-pyrrole nitrogens is 1. The summed E-state index contributed by atoms with van der Waals surface area (Å²) in [4.78, 5) is 55.6. The number of likely N-dealkylation sites (N-methyl/N-ethyl adjacent to an activating group) is 1. The lowest BCUT2D eigenvalue weighted by Crippen LogP contribution is -2.46. The molecule has 2 rings (SSSR count). The second-order valence-electron chi connectivity index (χ2n) is 9.07. The van der Waals surface area contributed by atoms with E-state index in [0.29, 0.717) is 15.6 Å². The lowest BCUT2D eigenvalue weighted by atomic mass is 10.2. The molecule has 1 aromatic carbocycles. The largest absolute Gasteiger partial charge is 0.383 e. The van der Waals surface area contributed by atoms with Crippen LogP contribution in [0.5, 0.6) is 0 Å². The lowest BCUT2D eigenvalue weighted by molar-refractivity contribution is -0.130. The molecule has 0 atom stereocenters. The van der Waals surface area contributed by atoms with Gasteiger partial charge in [0.05, 0.1) is 10.0 Å². The van der Waals surface area contributed by atoms with Crippen molar-refractivity contribution in [3.05, 3.63) is 60.7 Å². The maximum absolute atomic E-state index is 13.3. The summed E-state index contributed by atoms with van der Waals surface area (Å²) in [6, 6.07) is 5.04. The summed E-state index contributed by atoms with van der Waals surface area (Å²) in [5.41, 5.74) is 5.26. The van der Waals surface area contributed by atoms with Gasteiger partial charge in [-0.1, -0.05) is 63.0 Å². The molecule has 0 bridgehead atoms. The molecule has 0 aliphatic carbocycles. The molecular formula is C24H31Cl2N5O4. The number of rotatable bonds is 9. The van der Waals surface area contributed by atoms with E-state index in [1.807, 2.05) is 27.7 Å². The average Bonchev–Trinajstić information content (AvgIpc) is 2.76. The van der Waals surface area contributed by atoms with E-state index in [0.717, 1.165) is 0 Å². The number of anilines is 2. The number of aromatic amines is 1. The van der Waals surface area contributed by atoms with Crippen molar-refractivity contribution in [1.82, 2.24) is 14.5 Å². The molecule has 2 amide bonds. The van der Waals surface area contributed by atoms with Crippen molar-refractivity contribution in [2.45, 2.75) is 34.2 Å². The van der Waals surface area contributed by atoms with Gasteiger partial charge < -0.3 is 15.5 Å². The summed E-state index contributed by atoms with van der Waals surface area (Å²) in [5.74, 6) is -1.01. The third-order valence-electron chi connectivity index (χ3n) is 5.02. The normalized spacial score (nSPS) is 11.5. The van der Waals surface area contributed by atoms with Gasteiger partial charge in [-0.25, -0.2) is 4.79 Å². The Morgan fingerprint density at radius 3 is 2.40 bits per heavy atom. The summed E-state index contributed by atoms with van der Waals surface area (Å²) >= 11 is 12.1. The van der Waals surface area contributed by atoms with Crippen LogP contribution in [0.15, 0.2) is 33.9 Å². The fourth-order valence-electron chi connectivity index (χ4n) is 3.37. The molecule has 1 aromatic heterocycles. The summed E-state index contributed by atoms with van der Waals surface area (Å²) in [6.07, 6.45) is 2.79. The maximum atomic E-state index is 13.3. The molecule has 0 aliphatic rings. The van der Waals surface area contributed by atoms with Gasteiger partial charge in [-0.15, -0.1) is 0 Å². The molecule has 190 valence electrons. The Balaban J connectivity index is 2.33. The zero-order valence-electron chi connectivity index (χ0n) is 20.5. The molecule has 2 aromatic rings. The highest BCUT2D eigenvalue weighted by Gasteiger charge is 2.26. The molecule has 0 radical (unpaired) electrons. The van der Waals surface area contributed by atoms with Crippen LogP contribution in [0.2, 0.25) is 10.0 Å². The van der Waals surface area contributed by atoms with Crippen molar-refractivity contribution in [3.63, 3.8) is 0 Å². The Bertz CT molecular complexity index is 1230. The zero-order chi connectivity index (χ0) is 26.4. The third-order valence-corrected chi connectivity index (χ3v) is 5.85. The highest BCUT2D eigenvalue weighted by atomic mass is 35.5. The first kappa shape index (κ1) is 28.2. The quantitative estimate of drug-likeness (QED) is 0.488. The predicted octanol–water partition coefficient (Wildman–Crippen LogP) is 3.24. The molecule has 0 unspecified atom stereocenters. The fourth-order valence-corrected chi connectivity index (χ4v) is 3.74. The van der Waals surface area contributed by atoms with Crippen LogP contribution < -0.4 is 21.9 Å². The second kappa shape index (κ2) is 12.1. The standard InChI is InChI=1S/C24H31Cl2N5O4/c1-14(2)11-30(21-22(27)31(12-15(3)4)24(35)28-23(21)34)19(33)13-29(5)18(32)10-9-16-7-6-8-17(25)20(16)26/h6-10,14-15H,11-13,27H2,1-5H3,(H,28,34,35)/b10-9+. The summed E-state index contributed by atoms with van der Waals surface area (Å²) < 4.78 is 1.24. The SMILES string of the molecule is CC(C)CN(C(=O)CN(C)C(=O)/C=C/c1cccc(Cl)c1Cl)c1c(N)n(CC(C)C)c(=O)[nH]c1=O. The van der Waals surface area contributed by atoms with Gasteiger partial charge >= 0.3 is 5.69 Å². The number of nitrogens with one attached hydrogen (secondary N) is 1. The van der Waals surface area contributed by atoms with E-state index in [4.69, 9.17) is 28.9 Å². The number of carbonyl (C=O) groups excluding carboxylic acids is 2. The van der Waals surface area contributed by atoms with Gasteiger partial charge in [0.1, 0.15) is 12.4 Å². The first-order chi connectivity index (χ1) is 16.3. The molecule has 0 fully saturated rings. The van der Waals surface area contributed by atoms with Gasteiger partial charge in [0.2, 0.25) is 11.8 Å². The minimum absolute atomic E-state index is 0.0194. The van der Waals surface area contributed by atoms with Gasteiger partial charge in [-0.3, -0.25) is 23.9 Å². The molecule has 9 nitrogen and oxygen atoms in total. The molecule has 0 aliphatic heterocycles. The monoisotopic (exact) mass is 523 g/mol. The first-order valence-electron chi connectivity index (χ1n) is 11.1. The minimum atomic E-state index is -0.758. The number of nitrogen functional groups attached to an aromatic ring is 1. The van der Waals surface area contributed by atoms with E-state index in [1.165, 1.54) is 33.6 Å². The molecule has 1 heterocycles. The molecule has 11 heteroatoms. The van der Waals surface area contributed by atoms with E-state index in [2.05, 4.69) is 4.98 Å². The van der Waals surface area contributed by atoms with Gasteiger partial charge in [0.15, 0.2) is 5.69 Å². The van der Waals surface area contributed by atoms with E-state index < -0.39 is 23.1 Å². The molecule has 0 spiro atoms. The number of nitrogens with zero attached hydrogens (tertiary/aromatic N) is 3. The third kappa shape index (κ3) is 7.22. The summed E-state index contributed by atoms with van der Waals surface area (Å²) in [5, 5.41) is 0.669. The Hall–Kier alpha value is -3.04. The van der Waals surface area contributed by atoms with Crippen molar-refractivity contribution in [3.8, 4) is 0 Å². The molecule has 0 saturated carbocycles. The Morgan fingerprint density at radius 1 is 1.14 bits per heavy atom. The van der Waals surface area contributed by atoms with Crippen LogP contribution in [-0.2, 0) is 16.1 Å². The van der Waals surface area contributed by atoms with Crippen LogP contribution in [0.1, 0.15) is 33.3 Å². The number of carbonyl (C=O) groups is 2. The number of hydrogen-bond acceptors (Lipinski definition) is 5. The van der Waals surface area contributed by atoms with Crippen molar-refractivity contribution in [2.75, 3.05) is 30.8 Å². The predicted molar refractivity (Wildman–Crippen MR) is 141 cm³/mol. The fraction of sp³-hybridized carbons (Fsp3) is 0.417.